The van der Waals surface area contributed by atoms with Gasteiger partial charge >= 0.3 is 0 Å². The zero-order valence-corrected chi connectivity index (χ0v) is 13.6. The molecule has 1 saturated heterocycles. The molecular weight excluding hydrogens is 248 g/mol. The molecule has 3 nitrogen and oxygen atoms in total. The third kappa shape index (κ3) is 4.71. The van der Waals surface area contributed by atoms with E-state index in [2.05, 4.69) is 17.1 Å². The number of likely N-dealkylation sites (tertiary alicyclic amines) is 1. The first-order chi connectivity index (χ1) is 9.85. The van der Waals surface area contributed by atoms with Crippen LogP contribution in [0, 0.1) is 5.92 Å². The van der Waals surface area contributed by atoms with Crippen LogP contribution in [0.3, 0.4) is 0 Å². The van der Waals surface area contributed by atoms with Crippen LogP contribution in [0.2, 0.25) is 0 Å². The van der Waals surface area contributed by atoms with Crippen LogP contribution in [0.5, 0.6) is 0 Å². The quantitative estimate of drug-likeness (QED) is 0.758. The number of nitrogens with one attached hydrogen (secondary N) is 1. The van der Waals surface area contributed by atoms with Gasteiger partial charge in [0.2, 0.25) is 0 Å². The number of ether oxygens (including phenoxy) is 1. The molecule has 0 aromatic carbocycles. The zero-order valence-electron chi connectivity index (χ0n) is 13.6. The van der Waals surface area contributed by atoms with E-state index in [-0.39, 0.29) is 0 Å². The second kappa shape index (κ2) is 9.01. The van der Waals surface area contributed by atoms with Crippen molar-refractivity contribution in [3.8, 4) is 0 Å². The van der Waals surface area contributed by atoms with E-state index in [0.717, 1.165) is 24.6 Å². The van der Waals surface area contributed by atoms with Gasteiger partial charge in [0, 0.05) is 25.8 Å². The van der Waals surface area contributed by atoms with Crippen LogP contribution in [0.25, 0.3) is 0 Å². The first-order valence-corrected chi connectivity index (χ1v) is 8.81. The highest BCUT2D eigenvalue weighted by atomic mass is 16.5. The van der Waals surface area contributed by atoms with Gasteiger partial charge in [-0.2, -0.15) is 0 Å². The van der Waals surface area contributed by atoms with Crippen molar-refractivity contribution >= 4 is 0 Å². The SMILES string of the molecule is CCCNC1CCCCCC1N1CCC(COC)CC1. The molecule has 0 aromatic rings. The smallest absolute Gasteiger partial charge is 0.0491 e. The topological polar surface area (TPSA) is 24.5 Å². The van der Waals surface area contributed by atoms with Gasteiger partial charge in [0.05, 0.1) is 0 Å². The van der Waals surface area contributed by atoms with E-state index >= 15 is 0 Å². The Morgan fingerprint density at radius 2 is 1.80 bits per heavy atom. The standard InChI is InChI=1S/C17H34N2O/c1-3-11-18-16-7-5-4-6-8-17(16)19-12-9-15(10-13-19)14-20-2/h15-18H,3-14H2,1-2H3. The molecule has 1 heterocycles. The molecule has 118 valence electrons. The Morgan fingerprint density at radius 1 is 1.05 bits per heavy atom. The zero-order chi connectivity index (χ0) is 14.2. The van der Waals surface area contributed by atoms with Crippen LogP contribution < -0.4 is 5.32 Å². The number of methoxy groups -OCH3 is 1. The lowest BCUT2D eigenvalue weighted by Gasteiger charge is -2.41. The lowest BCUT2D eigenvalue weighted by molar-refractivity contribution is 0.0654. The highest BCUT2D eigenvalue weighted by Crippen LogP contribution is 2.27. The number of piperidine rings is 1. The van der Waals surface area contributed by atoms with Crippen LogP contribution in [-0.4, -0.2) is 50.3 Å². The average Bonchev–Trinajstić information content (AvgIpc) is 2.72. The van der Waals surface area contributed by atoms with Crippen molar-refractivity contribution < 1.29 is 4.74 Å². The summed E-state index contributed by atoms with van der Waals surface area (Å²) < 4.78 is 5.33. The second-order valence-corrected chi connectivity index (χ2v) is 6.70. The van der Waals surface area contributed by atoms with E-state index in [1.807, 2.05) is 7.11 Å². The molecule has 2 atom stereocenters. The van der Waals surface area contributed by atoms with Crippen molar-refractivity contribution in [2.75, 3.05) is 33.4 Å². The Bertz CT molecular complexity index is 251. The van der Waals surface area contributed by atoms with Crippen LogP contribution >= 0.6 is 0 Å². The lowest BCUT2D eigenvalue weighted by Crippen LogP contribution is -2.52. The fraction of sp³-hybridized carbons (Fsp3) is 1.00. The van der Waals surface area contributed by atoms with Gasteiger partial charge < -0.3 is 10.1 Å². The number of hydrogen-bond acceptors (Lipinski definition) is 3. The largest absolute Gasteiger partial charge is 0.384 e. The van der Waals surface area contributed by atoms with E-state index < -0.39 is 0 Å². The summed E-state index contributed by atoms with van der Waals surface area (Å²) in [5.41, 5.74) is 0. The minimum Gasteiger partial charge on any atom is -0.384 e. The molecule has 1 aliphatic carbocycles. The van der Waals surface area contributed by atoms with Gasteiger partial charge in [-0.1, -0.05) is 26.2 Å². The molecule has 3 heteroatoms. The van der Waals surface area contributed by atoms with Crippen molar-refractivity contribution in [2.45, 2.75) is 70.4 Å². The van der Waals surface area contributed by atoms with E-state index in [4.69, 9.17) is 4.74 Å². The predicted octanol–water partition coefficient (Wildman–Crippen LogP) is 3.05. The van der Waals surface area contributed by atoms with Gasteiger partial charge in [-0.15, -0.1) is 0 Å². The molecule has 2 rings (SSSR count). The predicted molar refractivity (Wildman–Crippen MR) is 85.1 cm³/mol. The maximum absolute atomic E-state index is 5.33. The molecule has 0 radical (unpaired) electrons. The highest BCUT2D eigenvalue weighted by molar-refractivity contribution is 4.89. The van der Waals surface area contributed by atoms with Crippen molar-refractivity contribution in [1.29, 1.82) is 0 Å². The van der Waals surface area contributed by atoms with Crippen molar-refractivity contribution in [3.05, 3.63) is 0 Å². The normalized spacial score (nSPS) is 30.3. The van der Waals surface area contributed by atoms with E-state index in [1.54, 1.807) is 0 Å². The maximum atomic E-state index is 5.33. The minimum atomic E-state index is 0.733. The van der Waals surface area contributed by atoms with Gasteiger partial charge in [0.15, 0.2) is 0 Å². The molecule has 2 aliphatic rings. The van der Waals surface area contributed by atoms with Crippen LogP contribution in [0.1, 0.15) is 58.3 Å². The van der Waals surface area contributed by atoms with E-state index in [9.17, 15) is 0 Å². The summed E-state index contributed by atoms with van der Waals surface area (Å²) in [4.78, 5) is 2.78. The van der Waals surface area contributed by atoms with Gasteiger partial charge in [0.1, 0.15) is 0 Å². The Hall–Kier alpha value is -0.120. The first-order valence-electron chi connectivity index (χ1n) is 8.81. The summed E-state index contributed by atoms with van der Waals surface area (Å²) in [5.74, 6) is 0.795. The van der Waals surface area contributed by atoms with Crippen molar-refractivity contribution in [1.82, 2.24) is 10.2 Å². The molecule has 1 N–H and O–H groups in total. The molecule has 0 amide bonds. The average molecular weight is 282 g/mol. The monoisotopic (exact) mass is 282 g/mol. The van der Waals surface area contributed by atoms with Crippen LogP contribution in [0.15, 0.2) is 0 Å². The molecule has 1 aliphatic heterocycles. The van der Waals surface area contributed by atoms with Crippen LogP contribution in [0.4, 0.5) is 0 Å². The Morgan fingerprint density at radius 3 is 2.50 bits per heavy atom. The van der Waals surface area contributed by atoms with E-state index in [1.165, 1.54) is 71.0 Å². The number of nitrogens with zero attached hydrogens (tertiary/aromatic N) is 1. The molecule has 20 heavy (non-hydrogen) atoms. The molecule has 2 unspecified atom stereocenters. The highest BCUT2D eigenvalue weighted by Gasteiger charge is 2.31. The summed E-state index contributed by atoms with van der Waals surface area (Å²) in [7, 11) is 1.84. The Balaban J connectivity index is 1.86. The van der Waals surface area contributed by atoms with Gasteiger partial charge in [-0.05, 0) is 57.7 Å². The summed E-state index contributed by atoms with van der Waals surface area (Å²) >= 11 is 0. The molecule has 0 bridgehead atoms. The maximum Gasteiger partial charge on any atom is 0.0491 e. The summed E-state index contributed by atoms with van der Waals surface area (Å²) in [5, 5.41) is 3.83. The van der Waals surface area contributed by atoms with Gasteiger partial charge in [0.25, 0.3) is 0 Å². The number of hydrogen-bond donors (Lipinski definition) is 1. The fourth-order valence-electron chi connectivity index (χ4n) is 3.98. The lowest BCUT2D eigenvalue weighted by atomic mass is 9.93. The van der Waals surface area contributed by atoms with E-state index in [0.29, 0.717) is 0 Å². The van der Waals surface area contributed by atoms with Crippen LogP contribution in [-0.2, 0) is 4.74 Å². The summed E-state index contributed by atoms with van der Waals surface area (Å²) in [6.07, 6.45) is 10.9. The summed E-state index contributed by atoms with van der Waals surface area (Å²) in [6.45, 7) is 6.97. The molecular formula is C17H34N2O. The molecule has 0 spiro atoms. The first kappa shape index (κ1) is 16.3. The molecule has 2 fully saturated rings. The van der Waals surface area contributed by atoms with Crippen molar-refractivity contribution in [3.63, 3.8) is 0 Å². The Labute approximate surface area is 125 Å². The third-order valence-corrected chi connectivity index (χ3v) is 5.16. The minimum absolute atomic E-state index is 0.733. The second-order valence-electron chi connectivity index (χ2n) is 6.70. The van der Waals surface area contributed by atoms with Gasteiger partial charge in [-0.3, -0.25) is 4.90 Å². The number of rotatable bonds is 6. The van der Waals surface area contributed by atoms with Crippen molar-refractivity contribution in [2.24, 2.45) is 5.92 Å². The van der Waals surface area contributed by atoms with Gasteiger partial charge in [-0.25, -0.2) is 0 Å². The molecule has 1 saturated carbocycles. The Kier molecular flexibility index (Phi) is 7.32. The third-order valence-electron chi connectivity index (χ3n) is 5.16. The molecule has 0 aromatic heterocycles. The fourth-order valence-corrected chi connectivity index (χ4v) is 3.98. The summed E-state index contributed by atoms with van der Waals surface area (Å²) in [6, 6.07) is 1.52.